The number of fused-ring (bicyclic) bond motifs is 1. The average molecular weight is 161 g/mol. The summed E-state index contributed by atoms with van der Waals surface area (Å²) >= 11 is 0. The molecule has 2 heterocycles. The molecule has 62 valence electrons. The van der Waals surface area contributed by atoms with Gasteiger partial charge in [-0.15, -0.1) is 0 Å². The van der Waals surface area contributed by atoms with Crippen LogP contribution in [-0.2, 0) is 6.42 Å². The maximum atomic E-state index is 5.49. The van der Waals surface area contributed by atoms with Crippen LogP contribution in [0.5, 0.6) is 0 Å². The summed E-state index contributed by atoms with van der Waals surface area (Å²) in [6, 6.07) is 6.08. The standard InChI is InChI=1S/C9H11N3/c10-5-3-8-2-1-7-12-9(8)4-6-11-12/h1-2,4,6-7H,3,5,10H2. The van der Waals surface area contributed by atoms with Gasteiger partial charge in [-0.1, -0.05) is 6.07 Å². The van der Waals surface area contributed by atoms with Gasteiger partial charge in [-0.3, -0.25) is 0 Å². The lowest BCUT2D eigenvalue weighted by Crippen LogP contribution is -2.03. The molecule has 0 unspecified atom stereocenters. The molecule has 3 heteroatoms. The monoisotopic (exact) mass is 161 g/mol. The van der Waals surface area contributed by atoms with Crippen LogP contribution in [0, 0.1) is 0 Å². The van der Waals surface area contributed by atoms with E-state index in [4.69, 9.17) is 5.73 Å². The van der Waals surface area contributed by atoms with Gasteiger partial charge < -0.3 is 5.73 Å². The Morgan fingerprint density at radius 3 is 3.17 bits per heavy atom. The van der Waals surface area contributed by atoms with Crippen molar-refractivity contribution >= 4 is 5.52 Å². The van der Waals surface area contributed by atoms with E-state index in [9.17, 15) is 0 Å². The van der Waals surface area contributed by atoms with Crippen LogP contribution in [0.2, 0.25) is 0 Å². The minimum absolute atomic E-state index is 0.685. The highest BCUT2D eigenvalue weighted by molar-refractivity contribution is 5.53. The molecule has 0 spiro atoms. The fourth-order valence-corrected chi connectivity index (χ4v) is 1.38. The molecule has 0 aromatic carbocycles. The van der Waals surface area contributed by atoms with Crippen molar-refractivity contribution in [2.75, 3.05) is 6.54 Å². The second kappa shape index (κ2) is 2.95. The molecular formula is C9H11N3. The number of nitrogens with two attached hydrogens (primary N) is 1. The highest BCUT2D eigenvalue weighted by Crippen LogP contribution is 2.09. The van der Waals surface area contributed by atoms with Crippen LogP contribution in [0.25, 0.3) is 5.52 Å². The van der Waals surface area contributed by atoms with Crippen molar-refractivity contribution in [1.82, 2.24) is 9.61 Å². The van der Waals surface area contributed by atoms with Crippen LogP contribution in [0.1, 0.15) is 5.56 Å². The van der Waals surface area contributed by atoms with E-state index in [1.165, 1.54) is 5.56 Å². The first-order valence-corrected chi connectivity index (χ1v) is 4.03. The normalized spacial score (nSPS) is 10.8. The van der Waals surface area contributed by atoms with Crippen molar-refractivity contribution in [3.8, 4) is 0 Å². The molecule has 2 N–H and O–H groups in total. The van der Waals surface area contributed by atoms with E-state index in [2.05, 4.69) is 11.2 Å². The first kappa shape index (κ1) is 7.31. The summed E-state index contributed by atoms with van der Waals surface area (Å²) in [5.74, 6) is 0. The minimum Gasteiger partial charge on any atom is -0.330 e. The molecule has 0 aliphatic carbocycles. The van der Waals surface area contributed by atoms with Crippen LogP contribution >= 0.6 is 0 Å². The molecule has 3 nitrogen and oxygen atoms in total. The summed E-state index contributed by atoms with van der Waals surface area (Å²) in [6.07, 6.45) is 4.65. The minimum atomic E-state index is 0.685. The molecule has 0 atom stereocenters. The van der Waals surface area contributed by atoms with E-state index in [-0.39, 0.29) is 0 Å². The molecule has 2 aromatic heterocycles. The molecule has 0 fully saturated rings. The largest absolute Gasteiger partial charge is 0.330 e. The zero-order chi connectivity index (χ0) is 8.39. The maximum absolute atomic E-state index is 5.49. The number of hydrogen-bond donors (Lipinski definition) is 1. The second-order valence-electron chi connectivity index (χ2n) is 2.73. The second-order valence-corrected chi connectivity index (χ2v) is 2.73. The Labute approximate surface area is 70.8 Å². The Morgan fingerprint density at radius 1 is 1.42 bits per heavy atom. The topological polar surface area (TPSA) is 43.3 Å². The fraction of sp³-hybridized carbons (Fsp3) is 0.222. The van der Waals surface area contributed by atoms with Crippen LogP contribution in [0.15, 0.2) is 30.6 Å². The van der Waals surface area contributed by atoms with Crippen molar-refractivity contribution in [1.29, 1.82) is 0 Å². The Kier molecular flexibility index (Phi) is 1.80. The molecule has 0 saturated heterocycles. The molecule has 0 aliphatic rings. The Hall–Kier alpha value is -1.35. The Morgan fingerprint density at radius 2 is 2.33 bits per heavy atom. The van der Waals surface area contributed by atoms with E-state index in [1.807, 2.05) is 22.8 Å². The lowest BCUT2D eigenvalue weighted by atomic mass is 10.1. The van der Waals surface area contributed by atoms with Gasteiger partial charge in [0.2, 0.25) is 0 Å². The lowest BCUT2D eigenvalue weighted by Gasteiger charge is -2.00. The first-order valence-electron chi connectivity index (χ1n) is 4.03. The first-order chi connectivity index (χ1) is 5.92. The average Bonchev–Trinajstić information content (AvgIpc) is 2.53. The quantitative estimate of drug-likeness (QED) is 0.709. The van der Waals surface area contributed by atoms with E-state index in [0.717, 1.165) is 11.9 Å². The van der Waals surface area contributed by atoms with Crippen LogP contribution < -0.4 is 5.73 Å². The predicted molar refractivity (Wildman–Crippen MR) is 48.0 cm³/mol. The predicted octanol–water partition coefficient (Wildman–Crippen LogP) is 0.835. The van der Waals surface area contributed by atoms with Crippen molar-refractivity contribution < 1.29 is 0 Å². The van der Waals surface area contributed by atoms with Gasteiger partial charge in [0.1, 0.15) is 0 Å². The van der Waals surface area contributed by atoms with Gasteiger partial charge >= 0.3 is 0 Å². The number of nitrogens with zero attached hydrogens (tertiary/aromatic N) is 2. The molecule has 12 heavy (non-hydrogen) atoms. The Balaban J connectivity index is 2.57. The third-order valence-electron chi connectivity index (χ3n) is 1.94. The van der Waals surface area contributed by atoms with Gasteiger partial charge in [0.25, 0.3) is 0 Å². The van der Waals surface area contributed by atoms with Gasteiger partial charge in [-0.2, -0.15) is 5.10 Å². The summed E-state index contributed by atoms with van der Waals surface area (Å²) in [7, 11) is 0. The number of aromatic nitrogens is 2. The van der Waals surface area contributed by atoms with E-state index in [1.54, 1.807) is 6.20 Å². The number of rotatable bonds is 2. The maximum Gasteiger partial charge on any atom is 0.0693 e. The molecule has 0 bridgehead atoms. The third-order valence-corrected chi connectivity index (χ3v) is 1.94. The molecule has 0 aliphatic heterocycles. The van der Waals surface area contributed by atoms with Crippen molar-refractivity contribution in [3.05, 3.63) is 36.2 Å². The van der Waals surface area contributed by atoms with Crippen LogP contribution in [0.4, 0.5) is 0 Å². The van der Waals surface area contributed by atoms with Gasteiger partial charge in [-0.05, 0) is 30.7 Å². The van der Waals surface area contributed by atoms with Crippen LogP contribution in [0.3, 0.4) is 0 Å². The zero-order valence-electron chi connectivity index (χ0n) is 6.77. The highest BCUT2D eigenvalue weighted by atomic mass is 15.2. The molecule has 0 radical (unpaired) electrons. The zero-order valence-corrected chi connectivity index (χ0v) is 6.77. The van der Waals surface area contributed by atoms with Gasteiger partial charge in [0.05, 0.1) is 5.52 Å². The summed E-state index contributed by atoms with van der Waals surface area (Å²) < 4.78 is 1.87. The summed E-state index contributed by atoms with van der Waals surface area (Å²) in [4.78, 5) is 0. The van der Waals surface area contributed by atoms with E-state index in [0.29, 0.717) is 6.54 Å². The Bertz CT molecular complexity index is 378. The highest BCUT2D eigenvalue weighted by Gasteiger charge is 1.98. The van der Waals surface area contributed by atoms with Crippen molar-refractivity contribution in [2.24, 2.45) is 5.73 Å². The van der Waals surface area contributed by atoms with Crippen LogP contribution in [-0.4, -0.2) is 16.2 Å². The van der Waals surface area contributed by atoms with Crippen molar-refractivity contribution in [3.63, 3.8) is 0 Å². The summed E-state index contributed by atoms with van der Waals surface area (Å²) in [6.45, 7) is 0.685. The third kappa shape index (κ3) is 1.08. The van der Waals surface area contributed by atoms with E-state index < -0.39 is 0 Å². The van der Waals surface area contributed by atoms with Gasteiger partial charge in [0, 0.05) is 12.4 Å². The van der Waals surface area contributed by atoms with Gasteiger partial charge in [-0.25, -0.2) is 4.52 Å². The SMILES string of the molecule is NCCc1cccn2nccc12. The molecule has 0 amide bonds. The number of pyridine rings is 1. The summed E-state index contributed by atoms with van der Waals surface area (Å²) in [5.41, 5.74) is 7.91. The molecular weight excluding hydrogens is 150 g/mol. The molecule has 2 rings (SSSR count). The molecule has 0 saturated carbocycles. The lowest BCUT2D eigenvalue weighted by molar-refractivity contribution is 0.923. The number of hydrogen-bond acceptors (Lipinski definition) is 2. The smallest absolute Gasteiger partial charge is 0.0693 e. The molecule has 2 aromatic rings. The van der Waals surface area contributed by atoms with Crippen molar-refractivity contribution in [2.45, 2.75) is 6.42 Å². The van der Waals surface area contributed by atoms with Gasteiger partial charge in [0.15, 0.2) is 0 Å². The summed E-state index contributed by atoms with van der Waals surface area (Å²) in [5, 5.41) is 4.14. The fourth-order valence-electron chi connectivity index (χ4n) is 1.38. The van der Waals surface area contributed by atoms with E-state index >= 15 is 0 Å².